The van der Waals surface area contributed by atoms with Gasteiger partial charge in [0.15, 0.2) is 0 Å². The van der Waals surface area contributed by atoms with Crippen LogP contribution >= 0.6 is 18.7 Å². The predicted octanol–water partition coefficient (Wildman–Crippen LogP) is 5.38. The van der Waals surface area contributed by atoms with Gasteiger partial charge in [0.25, 0.3) is 11.8 Å². The molecule has 3 aromatic carbocycles. The second-order valence-electron chi connectivity index (χ2n) is 16.3. The fourth-order valence-corrected chi connectivity index (χ4v) is 9.89. The van der Waals surface area contributed by atoms with Crippen molar-refractivity contribution in [2.45, 2.75) is 70.3 Å². The summed E-state index contributed by atoms with van der Waals surface area (Å²) in [4.78, 5) is 91.0. The normalized spacial score (nSPS) is 16.7. The van der Waals surface area contributed by atoms with Crippen LogP contribution < -0.4 is 20.3 Å². The van der Waals surface area contributed by atoms with Crippen molar-refractivity contribution in [1.82, 2.24) is 25.1 Å². The van der Waals surface area contributed by atoms with E-state index in [1.807, 2.05) is 47.4 Å². The molecule has 3 aliphatic heterocycles. The van der Waals surface area contributed by atoms with Crippen molar-refractivity contribution < 1.29 is 38.1 Å². The lowest BCUT2D eigenvalue weighted by molar-refractivity contribution is -0.136. The highest BCUT2D eigenvalue weighted by atomic mass is 35.5. The van der Waals surface area contributed by atoms with Gasteiger partial charge in [-0.25, -0.2) is 9.97 Å². The number of methoxy groups -OCH3 is 1. The van der Waals surface area contributed by atoms with Crippen LogP contribution in [-0.4, -0.2) is 108 Å². The maximum absolute atomic E-state index is 13.4. The Hall–Kier alpha value is -5.72. The Kier molecular flexibility index (Phi) is 13.7. The zero-order valence-corrected chi connectivity index (χ0v) is 36.8. The number of fused-ring (bicyclic) bond motifs is 1. The van der Waals surface area contributed by atoms with Crippen molar-refractivity contribution in [3.05, 3.63) is 111 Å². The number of rotatable bonds is 16. The fourth-order valence-electron chi connectivity index (χ4n) is 8.45. The molecule has 4 heterocycles. The molecule has 4 aromatic rings. The van der Waals surface area contributed by atoms with Gasteiger partial charge in [-0.1, -0.05) is 60.5 Å². The van der Waals surface area contributed by atoms with E-state index in [2.05, 4.69) is 15.2 Å². The molecule has 7 rings (SSSR count). The number of ether oxygens (including phenoxy) is 1. The van der Waals surface area contributed by atoms with Crippen molar-refractivity contribution in [3.8, 4) is 5.75 Å². The molecule has 3 aliphatic rings. The van der Waals surface area contributed by atoms with Gasteiger partial charge in [-0.3, -0.25) is 39.0 Å². The van der Waals surface area contributed by atoms with Gasteiger partial charge in [0.2, 0.25) is 17.7 Å². The SMILES string of the molecule is COc1cc(N2CCN(C(=O)CCCCCC(=O)Cc3cccc4c3C(=O)N(C3CCC(=O)NC3=O)C4=O)CC2)ccc1Cc1ncc(Cl)c(Cc2ccccc2P(C)(C)=O)n1. The number of anilines is 1. The highest BCUT2D eigenvalue weighted by Gasteiger charge is 2.45. The van der Waals surface area contributed by atoms with Gasteiger partial charge in [-0.15, -0.1) is 0 Å². The quantitative estimate of drug-likeness (QED) is 0.0869. The number of benzene rings is 3. The molecular formula is C46H50ClN6O8P. The number of Topliss-reactive ketones (excluding diaryl/α,β-unsaturated/α-hetero) is 1. The smallest absolute Gasteiger partial charge is 0.262 e. The molecule has 14 nitrogen and oxygen atoms in total. The van der Waals surface area contributed by atoms with E-state index in [4.69, 9.17) is 21.3 Å². The monoisotopic (exact) mass is 880 g/mol. The maximum atomic E-state index is 13.4. The molecule has 2 saturated heterocycles. The lowest BCUT2D eigenvalue weighted by atomic mass is 9.96. The summed E-state index contributed by atoms with van der Waals surface area (Å²) in [5.74, 6) is -1.07. The molecule has 16 heteroatoms. The molecular weight excluding hydrogens is 831 g/mol. The van der Waals surface area contributed by atoms with Crippen LogP contribution in [0.15, 0.2) is 66.9 Å². The highest BCUT2D eigenvalue weighted by molar-refractivity contribution is 7.70. The summed E-state index contributed by atoms with van der Waals surface area (Å²) in [5, 5.41) is 3.46. The van der Waals surface area contributed by atoms with Crippen LogP contribution in [0, 0.1) is 0 Å². The Balaban J connectivity index is 0.853. The first-order valence-electron chi connectivity index (χ1n) is 20.9. The molecule has 1 unspecified atom stereocenters. The summed E-state index contributed by atoms with van der Waals surface area (Å²) in [6.45, 7) is 6.02. The molecule has 1 N–H and O–H groups in total. The number of unbranched alkanes of at least 4 members (excludes halogenated alkanes) is 2. The van der Waals surface area contributed by atoms with Crippen molar-refractivity contribution in [3.63, 3.8) is 0 Å². The van der Waals surface area contributed by atoms with Gasteiger partial charge >= 0.3 is 0 Å². The minimum Gasteiger partial charge on any atom is -0.496 e. The maximum Gasteiger partial charge on any atom is 0.262 e. The third kappa shape index (κ3) is 9.98. The number of carbonyl (C=O) groups excluding carboxylic acids is 6. The number of amides is 5. The molecule has 0 spiro atoms. The number of hydrogen-bond donors (Lipinski definition) is 1. The van der Waals surface area contributed by atoms with Crippen LogP contribution in [0.25, 0.3) is 0 Å². The molecule has 0 bridgehead atoms. The van der Waals surface area contributed by atoms with E-state index in [1.165, 1.54) is 6.07 Å². The Labute approximate surface area is 365 Å². The van der Waals surface area contributed by atoms with E-state index in [0.29, 0.717) is 92.6 Å². The first kappa shape index (κ1) is 44.3. The van der Waals surface area contributed by atoms with Crippen LogP contribution in [0.1, 0.15) is 93.9 Å². The number of halogens is 1. The van der Waals surface area contributed by atoms with Crippen molar-refractivity contribution in [2.24, 2.45) is 0 Å². The summed E-state index contributed by atoms with van der Waals surface area (Å²) in [6, 6.07) is 17.4. The Bertz CT molecular complexity index is 2480. The molecule has 62 heavy (non-hydrogen) atoms. The van der Waals surface area contributed by atoms with E-state index in [-0.39, 0.29) is 48.5 Å². The summed E-state index contributed by atoms with van der Waals surface area (Å²) >= 11 is 6.54. The first-order chi connectivity index (χ1) is 29.7. The van der Waals surface area contributed by atoms with Crippen molar-refractivity contribution >= 4 is 65.1 Å². The van der Waals surface area contributed by atoms with Gasteiger partial charge in [0.1, 0.15) is 30.5 Å². The van der Waals surface area contributed by atoms with Crippen LogP contribution in [0.2, 0.25) is 5.02 Å². The lowest BCUT2D eigenvalue weighted by Crippen LogP contribution is -2.54. The number of piperazine rings is 1. The third-order valence-corrected chi connectivity index (χ3v) is 13.6. The van der Waals surface area contributed by atoms with E-state index >= 15 is 0 Å². The van der Waals surface area contributed by atoms with Crippen LogP contribution in [-0.2, 0) is 43.0 Å². The van der Waals surface area contributed by atoms with Gasteiger partial charge in [-0.05, 0) is 55.9 Å². The number of aromatic nitrogens is 2. The average molecular weight is 881 g/mol. The van der Waals surface area contributed by atoms with E-state index in [9.17, 15) is 33.3 Å². The first-order valence-corrected chi connectivity index (χ1v) is 23.9. The summed E-state index contributed by atoms with van der Waals surface area (Å²) in [6.07, 6.45) is 5.10. The molecule has 0 saturated carbocycles. The van der Waals surface area contributed by atoms with E-state index < -0.39 is 36.8 Å². The summed E-state index contributed by atoms with van der Waals surface area (Å²) in [5.41, 5.74) is 4.23. The highest BCUT2D eigenvalue weighted by Crippen LogP contribution is 2.37. The number of carbonyl (C=O) groups is 6. The van der Waals surface area contributed by atoms with Crippen molar-refractivity contribution in [2.75, 3.05) is 51.5 Å². The fraction of sp³-hybridized carbons (Fsp3) is 0.391. The molecule has 1 aromatic heterocycles. The molecule has 324 valence electrons. The number of nitrogens with one attached hydrogen (secondary N) is 1. The third-order valence-electron chi connectivity index (χ3n) is 11.7. The number of piperidine rings is 1. The minimum atomic E-state index is -2.50. The van der Waals surface area contributed by atoms with Crippen LogP contribution in [0.3, 0.4) is 0 Å². The lowest BCUT2D eigenvalue weighted by Gasteiger charge is -2.36. The zero-order chi connectivity index (χ0) is 44.1. The van der Waals surface area contributed by atoms with E-state index in [1.54, 1.807) is 38.8 Å². The zero-order valence-electron chi connectivity index (χ0n) is 35.2. The Morgan fingerprint density at radius 1 is 0.871 bits per heavy atom. The summed E-state index contributed by atoms with van der Waals surface area (Å²) in [7, 11) is -0.868. The molecule has 5 amide bonds. The second-order valence-corrected chi connectivity index (χ2v) is 19.9. The largest absolute Gasteiger partial charge is 0.496 e. The van der Waals surface area contributed by atoms with Gasteiger partial charge in [0.05, 0.1) is 29.0 Å². The minimum absolute atomic E-state index is 0.0264. The number of ketones is 1. The average Bonchev–Trinajstić information content (AvgIpc) is 3.50. The van der Waals surface area contributed by atoms with Gasteiger partial charge in [-0.2, -0.15) is 0 Å². The van der Waals surface area contributed by atoms with Gasteiger partial charge in [0, 0.05) is 93.5 Å². The number of nitrogens with zero attached hydrogens (tertiary/aromatic N) is 5. The van der Waals surface area contributed by atoms with Crippen molar-refractivity contribution in [1.29, 1.82) is 0 Å². The predicted molar refractivity (Wildman–Crippen MR) is 235 cm³/mol. The molecule has 0 radical (unpaired) electrons. The van der Waals surface area contributed by atoms with E-state index in [0.717, 1.165) is 27.0 Å². The summed E-state index contributed by atoms with van der Waals surface area (Å²) < 4.78 is 18.7. The topological polar surface area (TPSA) is 176 Å². The van der Waals surface area contributed by atoms with Crippen LogP contribution in [0.4, 0.5) is 5.69 Å². The number of imide groups is 2. The number of hydrogen-bond acceptors (Lipinski definition) is 11. The van der Waals surface area contributed by atoms with Crippen LogP contribution in [0.5, 0.6) is 5.75 Å². The Morgan fingerprint density at radius 2 is 1.61 bits per heavy atom. The molecule has 1 atom stereocenters. The molecule has 0 aliphatic carbocycles. The second kappa shape index (κ2) is 19.1. The van der Waals surface area contributed by atoms with Gasteiger partial charge < -0.3 is 19.1 Å². The standard InChI is InChI=1S/C46H50ClN6O8P/c1-61-38-27-32(17-16-29(38)26-40-48-28-35(47)36(49-40)25-30-10-7-8-14-39(30)62(2,3)60)51-20-22-52(23-21-51)42(56)15-6-4-5-12-33(54)24-31-11-9-13-34-43(31)46(59)53(45(34)58)37-18-19-41(55)50-44(37)57/h7-11,13-14,16-17,27-28,37H,4-6,12,15,18-26H2,1-3H3,(H,50,55,57). The Morgan fingerprint density at radius 3 is 2.35 bits per heavy atom. The molecule has 2 fully saturated rings.